The Morgan fingerprint density at radius 3 is 2.16 bits per heavy atom. The van der Waals surface area contributed by atoms with Crippen molar-refractivity contribution in [2.24, 2.45) is 0 Å². The number of carbonyl (C=O) groups is 1. The van der Waals surface area contributed by atoms with Crippen LogP contribution in [-0.4, -0.2) is 19.1 Å². The summed E-state index contributed by atoms with van der Waals surface area (Å²) in [6.45, 7) is 4.04. The SMILES string of the molecule is CCOP(=O)(OCC)c1ccc2c(c1)C(=C(Nc1ccccc1)c1ccccc1)C(=O)N2. The predicted molar refractivity (Wildman–Crippen MR) is 129 cm³/mol. The third kappa shape index (κ3) is 4.39. The Morgan fingerprint density at radius 1 is 0.906 bits per heavy atom. The molecule has 0 saturated carbocycles. The van der Waals surface area contributed by atoms with Crippen molar-refractivity contribution in [1.29, 1.82) is 0 Å². The Kier molecular flexibility index (Phi) is 6.56. The second-order valence-corrected chi connectivity index (χ2v) is 9.15. The van der Waals surface area contributed by atoms with E-state index in [0.717, 1.165) is 11.3 Å². The van der Waals surface area contributed by atoms with Crippen LogP contribution in [0.2, 0.25) is 0 Å². The Morgan fingerprint density at radius 2 is 1.53 bits per heavy atom. The lowest BCUT2D eigenvalue weighted by molar-refractivity contribution is -0.110. The van der Waals surface area contributed by atoms with E-state index in [2.05, 4.69) is 10.6 Å². The van der Waals surface area contributed by atoms with Crippen molar-refractivity contribution in [3.05, 3.63) is 90.0 Å². The van der Waals surface area contributed by atoms with Crippen LogP contribution >= 0.6 is 7.60 Å². The van der Waals surface area contributed by atoms with Gasteiger partial charge in [-0.15, -0.1) is 0 Å². The predicted octanol–water partition coefficient (Wildman–Crippen LogP) is 5.51. The molecule has 0 radical (unpaired) electrons. The van der Waals surface area contributed by atoms with Crippen molar-refractivity contribution in [3.63, 3.8) is 0 Å². The Hall–Kier alpha value is -3.18. The molecule has 3 aromatic carbocycles. The van der Waals surface area contributed by atoms with Gasteiger partial charge in [0.15, 0.2) is 0 Å². The lowest BCUT2D eigenvalue weighted by atomic mass is 10.00. The van der Waals surface area contributed by atoms with Gasteiger partial charge in [0, 0.05) is 16.9 Å². The summed E-state index contributed by atoms with van der Waals surface area (Å²) in [5.41, 5.74) is 4.14. The molecule has 0 saturated heterocycles. The van der Waals surface area contributed by atoms with Crippen LogP contribution in [-0.2, 0) is 18.4 Å². The second kappa shape index (κ2) is 9.53. The van der Waals surface area contributed by atoms with Crippen LogP contribution in [0.3, 0.4) is 0 Å². The Labute approximate surface area is 187 Å². The fraction of sp³-hybridized carbons (Fsp3) is 0.160. The van der Waals surface area contributed by atoms with Crippen molar-refractivity contribution >= 4 is 41.5 Å². The molecule has 32 heavy (non-hydrogen) atoms. The van der Waals surface area contributed by atoms with Gasteiger partial charge in [-0.2, -0.15) is 0 Å². The zero-order chi connectivity index (χ0) is 22.6. The lowest BCUT2D eigenvalue weighted by Crippen LogP contribution is -2.12. The van der Waals surface area contributed by atoms with E-state index in [0.29, 0.717) is 27.8 Å². The number of anilines is 2. The summed E-state index contributed by atoms with van der Waals surface area (Å²) in [6.07, 6.45) is 0. The third-order valence-electron chi connectivity index (χ3n) is 5.02. The number of benzene rings is 3. The number of nitrogens with one attached hydrogen (secondary N) is 2. The molecule has 0 spiro atoms. The molecule has 0 aliphatic carbocycles. The van der Waals surface area contributed by atoms with E-state index in [1.807, 2.05) is 60.7 Å². The summed E-state index contributed by atoms with van der Waals surface area (Å²) >= 11 is 0. The molecule has 1 heterocycles. The largest absolute Gasteiger partial charge is 0.361 e. The molecule has 0 bridgehead atoms. The standard InChI is InChI=1S/C25H25N2O4P/c1-3-30-32(29,31-4-2)20-15-16-22-21(17-20)23(25(28)27-22)24(18-11-7-5-8-12-18)26-19-13-9-6-10-14-19/h5-17,26H,3-4H2,1-2H3,(H,27,28). The van der Waals surface area contributed by atoms with Crippen LogP contribution < -0.4 is 15.9 Å². The van der Waals surface area contributed by atoms with Gasteiger partial charge in [-0.1, -0.05) is 48.5 Å². The first kappa shape index (κ1) is 22.0. The summed E-state index contributed by atoms with van der Waals surface area (Å²) in [5.74, 6) is -0.234. The highest BCUT2D eigenvalue weighted by molar-refractivity contribution is 7.62. The van der Waals surface area contributed by atoms with Crippen molar-refractivity contribution in [1.82, 2.24) is 0 Å². The van der Waals surface area contributed by atoms with Crippen molar-refractivity contribution < 1.29 is 18.4 Å². The molecule has 2 N–H and O–H groups in total. The van der Waals surface area contributed by atoms with E-state index >= 15 is 0 Å². The number of carbonyl (C=O) groups excluding carboxylic acids is 1. The fourth-order valence-electron chi connectivity index (χ4n) is 3.65. The van der Waals surface area contributed by atoms with E-state index in [9.17, 15) is 9.36 Å². The van der Waals surface area contributed by atoms with Crippen molar-refractivity contribution in [2.45, 2.75) is 13.8 Å². The Bertz CT molecular complexity index is 1180. The van der Waals surface area contributed by atoms with Crippen molar-refractivity contribution in [2.75, 3.05) is 23.8 Å². The van der Waals surface area contributed by atoms with Crippen LogP contribution in [0.25, 0.3) is 11.3 Å². The molecule has 0 atom stereocenters. The van der Waals surface area contributed by atoms with Gasteiger partial charge in [-0.05, 0) is 49.7 Å². The Balaban J connectivity index is 1.90. The first-order valence-corrected chi connectivity index (χ1v) is 12.1. The molecular weight excluding hydrogens is 423 g/mol. The molecule has 1 aliphatic heterocycles. The number of para-hydroxylation sites is 1. The van der Waals surface area contributed by atoms with Gasteiger partial charge in [0.25, 0.3) is 5.91 Å². The zero-order valence-electron chi connectivity index (χ0n) is 18.0. The van der Waals surface area contributed by atoms with Gasteiger partial charge >= 0.3 is 7.60 Å². The van der Waals surface area contributed by atoms with Crippen molar-refractivity contribution in [3.8, 4) is 0 Å². The van der Waals surface area contributed by atoms with Gasteiger partial charge in [0.1, 0.15) is 0 Å². The minimum Gasteiger partial charge on any atom is -0.354 e. The maximum absolute atomic E-state index is 13.4. The molecule has 4 rings (SSSR count). The van der Waals surface area contributed by atoms with E-state index < -0.39 is 7.60 Å². The van der Waals surface area contributed by atoms with E-state index in [1.165, 1.54) is 0 Å². The summed E-state index contributed by atoms with van der Waals surface area (Å²) < 4.78 is 24.4. The van der Waals surface area contributed by atoms with Gasteiger partial charge in [-0.25, -0.2) is 0 Å². The van der Waals surface area contributed by atoms with Crippen LogP contribution in [0.1, 0.15) is 25.0 Å². The van der Waals surface area contributed by atoms with Gasteiger partial charge in [-0.3, -0.25) is 9.36 Å². The van der Waals surface area contributed by atoms with Crippen LogP contribution in [0.4, 0.5) is 11.4 Å². The molecule has 0 aromatic heterocycles. The summed E-state index contributed by atoms with van der Waals surface area (Å²) in [5, 5.41) is 6.74. The maximum Gasteiger partial charge on any atom is 0.361 e. The average Bonchev–Trinajstić information content (AvgIpc) is 3.14. The highest BCUT2D eigenvalue weighted by Crippen LogP contribution is 2.48. The highest BCUT2D eigenvalue weighted by atomic mass is 31.2. The molecule has 1 aliphatic rings. The highest BCUT2D eigenvalue weighted by Gasteiger charge is 2.33. The first-order valence-electron chi connectivity index (χ1n) is 10.5. The monoisotopic (exact) mass is 448 g/mol. The lowest BCUT2D eigenvalue weighted by Gasteiger charge is -2.18. The maximum atomic E-state index is 13.4. The average molecular weight is 448 g/mol. The van der Waals surface area contributed by atoms with Crippen LogP contribution in [0.5, 0.6) is 0 Å². The number of hydrogen-bond donors (Lipinski definition) is 2. The van der Waals surface area contributed by atoms with Crippen LogP contribution in [0, 0.1) is 0 Å². The minimum atomic E-state index is -3.50. The zero-order valence-corrected chi connectivity index (χ0v) is 18.9. The molecule has 164 valence electrons. The molecule has 0 unspecified atom stereocenters. The van der Waals surface area contributed by atoms with E-state index in [4.69, 9.17) is 9.05 Å². The molecule has 0 fully saturated rings. The molecular formula is C25H25N2O4P. The third-order valence-corrected chi connectivity index (χ3v) is 7.12. The van der Waals surface area contributed by atoms with Gasteiger partial charge < -0.3 is 19.7 Å². The number of amides is 1. The van der Waals surface area contributed by atoms with E-state index in [1.54, 1.807) is 32.0 Å². The fourth-order valence-corrected chi connectivity index (χ4v) is 5.25. The molecule has 6 nitrogen and oxygen atoms in total. The van der Waals surface area contributed by atoms with Gasteiger partial charge in [0.05, 0.1) is 29.8 Å². The second-order valence-electron chi connectivity index (χ2n) is 7.12. The molecule has 3 aromatic rings. The molecule has 1 amide bonds. The smallest absolute Gasteiger partial charge is 0.354 e. The van der Waals surface area contributed by atoms with E-state index in [-0.39, 0.29) is 19.1 Å². The minimum absolute atomic E-state index is 0.234. The quantitative estimate of drug-likeness (QED) is 0.351. The summed E-state index contributed by atoms with van der Waals surface area (Å²) in [7, 11) is -3.50. The van der Waals surface area contributed by atoms with Crippen LogP contribution in [0.15, 0.2) is 78.9 Å². The summed E-state index contributed by atoms with van der Waals surface area (Å²) in [4.78, 5) is 13.1. The number of hydrogen-bond acceptors (Lipinski definition) is 5. The number of fused-ring (bicyclic) bond motifs is 1. The normalized spacial score (nSPS) is 14.6. The summed E-state index contributed by atoms with van der Waals surface area (Å²) in [6, 6.07) is 24.5. The topological polar surface area (TPSA) is 76.7 Å². The first-order chi connectivity index (χ1) is 15.6. The molecule has 7 heteroatoms. The van der Waals surface area contributed by atoms with Gasteiger partial charge in [0.2, 0.25) is 0 Å². The number of rotatable bonds is 8.